The first-order valence-corrected chi connectivity index (χ1v) is 8.80. The number of nitrogens with one attached hydrogen (secondary N) is 2. The van der Waals surface area contributed by atoms with Crippen molar-refractivity contribution in [1.82, 2.24) is 15.2 Å². The molecule has 0 radical (unpaired) electrons. The van der Waals surface area contributed by atoms with Crippen molar-refractivity contribution in [2.75, 3.05) is 20.1 Å². The van der Waals surface area contributed by atoms with Crippen LogP contribution in [0, 0.1) is 0 Å². The standard InChI is InChI=1S/C20H22ClN3O/c1-24(14-15-8-3-2-4-9-15)13-7-12-22-20(25)19-18(21)16-10-5-6-11-17(16)23-19/h2-6,8-11,23H,7,12-14H2,1H3,(H,22,25). The Morgan fingerprint density at radius 3 is 2.60 bits per heavy atom. The Morgan fingerprint density at radius 1 is 1.12 bits per heavy atom. The van der Waals surface area contributed by atoms with Gasteiger partial charge in [0.2, 0.25) is 0 Å². The second kappa shape index (κ2) is 8.19. The molecule has 0 saturated carbocycles. The molecule has 4 nitrogen and oxygen atoms in total. The molecule has 0 aliphatic carbocycles. The Morgan fingerprint density at radius 2 is 1.84 bits per heavy atom. The zero-order valence-electron chi connectivity index (χ0n) is 14.3. The molecule has 0 atom stereocenters. The number of aromatic amines is 1. The molecule has 1 amide bonds. The number of hydrogen-bond donors (Lipinski definition) is 2. The highest BCUT2D eigenvalue weighted by molar-refractivity contribution is 6.38. The minimum Gasteiger partial charge on any atom is -0.351 e. The summed E-state index contributed by atoms with van der Waals surface area (Å²) in [6.45, 7) is 2.43. The van der Waals surface area contributed by atoms with E-state index in [2.05, 4.69) is 34.4 Å². The molecule has 0 bridgehead atoms. The summed E-state index contributed by atoms with van der Waals surface area (Å²) in [7, 11) is 2.09. The number of halogens is 1. The number of benzene rings is 2. The monoisotopic (exact) mass is 355 g/mol. The van der Waals surface area contributed by atoms with Crippen molar-refractivity contribution in [2.45, 2.75) is 13.0 Å². The van der Waals surface area contributed by atoms with Crippen LogP contribution in [-0.4, -0.2) is 35.9 Å². The van der Waals surface area contributed by atoms with Gasteiger partial charge in [0.05, 0.1) is 5.02 Å². The van der Waals surface area contributed by atoms with Crippen LogP contribution in [0.5, 0.6) is 0 Å². The molecule has 5 heteroatoms. The van der Waals surface area contributed by atoms with Crippen LogP contribution < -0.4 is 5.32 Å². The summed E-state index contributed by atoms with van der Waals surface area (Å²) >= 11 is 6.31. The van der Waals surface area contributed by atoms with Crippen LogP contribution in [-0.2, 0) is 6.54 Å². The van der Waals surface area contributed by atoms with Gasteiger partial charge < -0.3 is 15.2 Å². The normalized spacial score (nSPS) is 11.2. The van der Waals surface area contributed by atoms with Crippen molar-refractivity contribution in [3.63, 3.8) is 0 Å². The summed E-state index contributed by atoms with van der Waals surface area (Å²) < 4.78 is 0. The fourth-order valence-corrected chi connectivity index (χ4v) is 3.18. The van der Waals surface area contributed by atoms with E-state index in [9.17, 15) is 4.79 Å². The van der Waals surface area contributed by atoms with Gasteiger partial charge in [-0.25, -0.2) is 0 Å². The zero-order valence-corrected chi connectivity index (χ0v) is 15.0. The summed E-state index contributed by atoms with van der Waals surface area (Å²) in [6.07, 6.45) is 0.882. The molecule has 0 fully saturated rings. The molecule has 2 N–H and O–H groups in total. The molecule has 25 heavy (non-hydrogen) atoms. The average molecular weight is 356 g/mol. The summed E-state index contributed by atoms with van der Waals surface area (Å²) in [6, 6.07) is 18.0. The maximum absolute atomic E-state index is 12.3. The number of carbonyl (C=O) groups excluding carboxylic acids is 1. The molecule has 3 aromatic rings. The molecule has 1 heterocycles. The Kier molecular flexibility index (Phi) is 5.74. The van der Waals surface area contributed by atoms with E-state index in [-0.39, 0.29) is 5.91 Å². The van der Waals surface area contributed by atoms with Gasteiger partial charge in [-0.15, -0.1) is 0 Å². The third-order valence-corrected chi connectivity index (χ3v) is 4.56. The first kappa shape index (κ1) is 17.5. The van der Waals surface area contributed by atoms with Crippen molar-refractivity contribution >= 4 is 28.4 Å². The lowest BCUT2D eigenvalue weighted by atomic mass is 10.2. The van der Waals surface area contributed by atoms with Crippen LogP contribution in [0.15, 0.2) is 54.6 Å². The van der Waals surface area contributed by atoms with Crippen molar-refractivity contribution in [1.29, 1.82) is 0 Å². The molecule has 0 aliphatic heterocycles. The smallest absolute Gasteiger partial charge is 0.269 e. The second-order valence-corrected chi connectivity index (χ2v) is 6.57. The lowest BCUT2D eigenvalue weighted by Gasteiger charge is -2.16. The summed E-state index contributed by atoms with van der Waals surface area (Å²) in [5.41, 5.74) is 2.60. The molecule has 0 saturated heterocycles. The number of carbonyl (C=O) groups is 1. The van der Waals surface area contributed by atoms with E-state index in [4.69, 9.17) is 11.6 Å². The largest absolute Gasteiger partial charge is 0.351 e. The van der Waals surface area contributed by atoms with Gasteiger partial charge in [-0.1, -0.05) is 60.1 Å². The lowest BCUT2D eigenvalue weighted by molar-refractivity contribution is 0.0948. The Balaban J connectivity index is 1.47. The van der Waals surface area contributed by atoms with Gasteiger partial charge in [-0.05, 0) is 31.6 Å². The van der Waals surface area contributed by atoms with Crippen LogP contribution in [0.25, 0.3) is 10.9 Å². The van der Waals surface area contributed by atoms with Gasteiger partial charge in [0.15, 0.2) is 0 Å². The fraction of sp³-hybridized carbons (Fsp3) is 0.250. The van der Waals surface area contributed by atoms with Gasteiger partial charge in [-0.2, -0.15) is 0 Å². The molecular weight excluding hydrogens is 334 g/mol. The molecule has 0 spiro atoms. The minimum atomic E-state index is -0.160. The Labute approximate surface area is 152 Å². The SMILES string of the molecule is CN(CCCNC(=O)c1[nH]c2ccccc2c1Cl)Cc1ccccc1. The van der Waals surface area contributed by atoms with Gasteiger partial charge in [0, 0.05) is 24.0 Å². The fourth-order valence-electron chi connectivity index (χ4n) is 2.88. The number of aromatic nitrogens is 1. The molecule has 2 aromatic carbocycles. The molecule has 130 valence electrons. The molecule has 1 aromatic heterocycles. The van der Waals surface area contributed by atoms with Crippen molar-refractivity contribution in [2.24, 2.45) is 0 Å². The highest BCUT2D eigenvalue weighted by Gasteiger charge is 2.15. The number of nitrogens with zero attached hydrogens (tertiary/aromatic N) is 1. The summed E-state index contributed by atoms with van der Waals surface area (Å²) in [5.74, 6) is -0.160. The topological polar surface area (TPSA) is 48.1 Å². The summed E-state index contributed by atoms with van der Waals surface area (Å²) in [5, 5.41) is 4.29. The zero-order chi connectivity index (χ0) is 17.6. The molecule has 0 unspecified atom stereocenters. The van der Waals surface area contributed by atoms with Crippen LogP contribution in [0.2, 0.25) is 5.02 Å². The highest BCUT2D eigenvalue weighted by Crippen LogP contribution is 2.26. The third kappa shape index (κ3) is 4.41. The number of para-hydroxylation sites is 1. The van der Waals surface area contributed by atoms with E-state index in [1.165, 1.54) is 5.56 Å². The molecule has 0 aliphatic rings. The van der Waals surface area contributed by atoms with Crippen LogP contribution >= 0.6 is 11.6 Å². The van der Waals surface area contributed by atoms with E-state index in [0.717, 1.165) is 30.4 Å². The van der Waals surface area contributed by atoms with Gasteiger partial charge >= 0.3 is 0 Å². The van der Waals surface area contributed by atoms with Crippen molar-refractivity contribution < 1.29 is 4.79 Å². The van der Waals surface area contributed by atoms with Crippen molar-refractivity contribution in [3.05, 3.63) is 70.9 Å². The minimum absolute atomic E-state index is 0.160. The second-order valence-electron chi connectivity index (χ2n) is 6.19. The maximum Gasteiger partial charge on any atom is 0.269 e. The maximum atomic E-state index is 12.3. The van der Waals surface area contributed by atoms with Gasteiger partial charge in [-0.3, -0.25) is 4.79 Å². The van der Waals surface area contributed by atoms with Crippen LogP contribution in [0.4, 0.5) is 0 Å². The number of H-pyrrole nitrogens is 1. The van der Waals surface area contributed by atoms with Crippen LogP contribution in [0.1, 0.15) is 22.5 Å². The van der Waals surface area contributed by atoms with Gasteiger partial charge in [0.25, 0.3) is 5.91 Å². The van der Waals surface area contributed by atoms with E-state index >= 15 is 0 Å². The number of amides is 1. The predicted molar refractivity (Wildman–Crippen MR) is 103 cm³/mol. The van der Waals surface area contributed by atoms with Crippen LogP contribution in [0.3, 0.4) is 0 Å². The number of hydrogen-bond acceptors (Lipinski definition) is 2. The number of fused-ring (bicyclic) bond motifs is 1. The Bertz CT molecular complexity index is 845. The first-order valence-electron chi connectivity index (χ1n) is 8.42. The van der Waals surface area contributed by atoms with E-state index in [1.807, 2.05) is 42.5 Å². The van der Waals surface area contributed by atoms with E-state index in [0.29, 0.717) is 17.3 Å². The average Bonchev–Trinajstić information content (AvgIpc) is 2.97. The van der Waals surface area contributed by atoms with E-state index < -0.39 is 0 Å². The number of rotatable bonds is 7. The third-order valence-electron chi connectivity index (χ3n) is 4.17. The van der Waals surface area contributed by atoms with Crippen molar-refractivity contribution in [3.8, 4) is 0 Å². The quantitative estimate of drug-likeness (QED) is 0.627. The Hall–Kier alpha value is -2.30. The first-order chi connectivity index (χ1) is 12.1. The van der Waals surface area contributed by atoms with E-state index in [1.54, 1.807) is 0 Å². The summed E-state index contributed by atoms with van der Waals surface area (Å²) in [4.78, 5) is 17.7. The molecular formula is C20H22ClN3O. The lowest BCUT2D eigenvalue weighted by Crippen LogP contribution is -2.28. The van der Waals surface area contributed by atoms with Gasteiger partial charge in [0.1, 0.15) is 5.69 Å². The predicted octanol–water partition coefficient (Wildman–Crippen LogP) is 4.07. The molecule has 3 rings (SSSR count). The highest BCUT2D eigenvalue weighted by atomic mass is 35.5.